The Balaban J connectivity index is 2.07. The van der Waals surface area contributed by atoms with Gasteiger partial charge < -0.3 is 15.6 Å². The van der Waals surface area contributed by atoms with Crippen LogP contribution in [0.2, 0.25) is 0 Å². The molecule has 0 spiro atoms. The van der Waals surface area contributed by atoms with Crippen molar-refractivity contribution in [3.8, 4) is 0 Å². The zero-order valence-corrected chi connectivity index (χ0v) is 10.5. The second-order valence-corrected chi connectivity index (χ2v) is 4.53. The van der Waals surface area contributed by atoms with Crippen molar-refractivity contribution in [1.29, 1.82) is 0 Å². The summed E-state index contributed by atoms with van der Waals surface area (Å²) in [6, 6.07) is 5.47. The van der Waals surface area contributed by atoms with Crippen LogP contribution in [0.1, 0.15) is 11.7 Å². The molecule has 0 saturated carbocycles. The summed E-state index contributed by atoms with van der Waals surface area (Å²) < 4.78 is 18.7. The van der Waals surface area contributed by atoms with Crippen LogP contribution in [0, 0.1) is 5.82 Å². The third-order valence-electron chi connectivity index (χ3n) is 3.24. The first-order valence-corrected chi connectivity index (χ1v) is 6.13. The zero-order chi connectivity index (χ0) is 13.8. The van der Waals surface area contributed by atoms with Gasteiger partial charge in [-0.15, -0.1) is 0 Å². The van der Waals surface area contributed by atoms with Crippen molar-refractivity contribution < 1.29 is 19.0 Å². The van der Waals surface area contributed by atoms with Crippen LogP contribution in [0.25, 0.3) is 0 Å². The Morgan fingerprint density at radius 1 is 1.58 bits per heavy atom. The van der Waals surface area contributed by atoms with E-state index in [-0.39, 0.29) is 18.7 Å². The number of ether oxygens (including phenoxy) is 1. The Bertz CT molecular complexity index is 455. The van der Waals surface area contributed by atoms with Crippen molar-refractivity contribution in [3.05, 3.63) is 35.6 Å². The summed E-state index contributed by atoms with van der Waals surface area (Å²) in [5, 5.41) is 10.1. The molecule has 104 valence electrons. The monoisotopic (exact) mass is 268 g/mol. The van der Waals surface area contributed by atoms with E-state index < -0.39 is 23.9 Å². The quantitative estimate of drug-likeness (QED) is 0.808. The molecule has 1 aliphatic rings. The molecule has 1 aromatic rings. The zero-order valence-electron chi connectivity index (χ0n) is 10.5. The number of nitrogens with zero attached hydrogens (tertiary/aromatic N) is 1. The number of carbonyl (C=O) groups is 1. The number of primary amides is 1. The predicted molar refractivity (Wildman–Crippen MR) is 66.7 cm³/mol. The highest BCUT2D eigenvalue weighted by molar-refractivity contribution is 5.80. The fraction of sp³-hybridized carbons (Fsp3) is 0.462. The molecular weight excluding hydrogens is 251 g/mol. The van der Waals surface area contributed by atoms with Gasteiger partial charge in [0.05, 0.1) is 19.3 Å². The van der Waals surface area contributed by atoms with Crippen molar-refractivity contribution in [2.45, 2.75) is 12.1 Å². The maximum Gasteiger partial charge on any atom is 0.237 e. The molecule has 2 rings (SSSR count). The summed E-state index contributed by atoms with van der Waals surface area (Å²) in [7, 11) is 0. The normalized spacial score (nSPS) is 22.1. The molecule has 2 unspecified atom stereocenters. The van der Waals surface area contributed by atoms with E-state index in [0.717, 1.165) is 0 Å². The smallest absolute Gasteiger partial charge is 0.237 e. The van der Waals surface area contributed by atoms with Gasteiger partial charge in [-0.2, -0.15) is 0 Å². The summed E-state index contributed by atoms with van der Waals surface area (Å²) in [6.45, 7) is 1.31. The van der Waals surface area contributed by atoms with Gasteiger partial charge in [-0.1, -0.05) is 18.2 Å². The molecule has 6 heteroatoms. The topological polar surface area (TPSA) is 75.8 Å². The van der Waals surface area contributed by atoms with Crippen LogP contribution in [-0.2, 0) is 9.53 Å². The van der Waals surface area contributed by atoms with Crippen molar-refractivity contribution in [2.24, 2.45) is 5.73 Å². The minimum atomic E-state index is -0.999. The number of hydrogen-bond donors (Lipinski definition) is 2. The van der Waals surface area contributed by atoms with Crippen molar-refractivity contribution in [1.82, 2.24) is 4.90 Å². The van der Waals surface area contributed by atoms with Gasteiger partial charge in [0.25, 0.3) is 0 Å². The lowest BCUT2D eigenvalue weighted by Crippen LogP contribution is -2.53. The van der Waals surface area contributed by atoms with Gasteiger partial charge in [-0.3, -0.25) is 9.69 Å². The van der Waals surface area contributed by atoms with E-state index in [1.54, 1.807) is 17.0 Å². The Kier molecular flexibility index (Phi) is 4.47. The fourth-order valence-electron chi connectivity index (χ4n) is 2.18. The molecule has 1 fully saturated rings. The SMILES string of the molecule is NC(=O)C1COCCN1CC(O)c1ccccc1F. The Morgan fingerprint density at radius 3 is 3.00 bits per heavy atom. The summed E-state index contributed by atoms with van der Waals surface area (Å²) in [5.74, 6) is -0.959. The first-order valence-electron chi connectivity index (χ1n) is 6.13. The second-order valence-electron chi connectivity index (χ2n) is 4.53. The predicted octanol–water partition coefficient (Wildman–Crippen LogP) is 0.0452. The van der Waals surface area contributed by atoms with Crippen molar-refractivity contribution >= 4 is 5.91 Å². The summed E-state index contributed by atoms with van der Waals surface area (Å²) >= 11 is 0. The van der Waals surface area contributed by atoms with Crippen molar-refractivity contribution in [2.75, 3.05) is 26.3 Å². The molecule has 1 saturated heterocycles. The average Bonchev–Trinajstić information content (AvgIpc) is 2.39. The molecule has 1 aromatic carbocycles. The van der Waals surface area contributed by atoms with Gasteiger partial charge in [0, 0.05) is 18.7 Å². The highest BCUT2D eigenvalue weighted by atomic mass is 19.1. The first kappa shape index (κ1) is 13.9. The molecule has 0 bridgehead atoms. The average molecular weight is 268 g/mol. The third kappa shape index (κ3) is 3.28. The van der Waals surface area contributed by atoms with Gasteiger partial charge in [0.1, 0.15) is 11.9 Å². The van der Waals surface area contributed by atoms with E-state index in [9.17, 15) is 14.3 Å². The summed E-state index contributed by atoms with van der Waals surface area (Å²) in [6.07, 6.45) is -0.999. The van der Waals surface area contributed by atoms with E-state index in [0.29, 0.717) is 13.2 Å². The van der Waals surface area contributed by atoms with Crippen LogP contribution in [-0.4, -0.2) is 48.3 Å². The van der Waals surface area contributed by atoms with Gasteiger partial charge >= 0.3 is 0 Å². The standard InChI is InChI=1S/C13H17FN2O3/c14-10-4-2-1-3-9(10)12(17)7-16-5-6-19-8-11(16)13(15)18/h1-4,11-12,17H,5-8H2,(H2,15,18). The summed E-state index contributed by atoms with van der Waals surface area (Å²) in [4.78, 5) is 13.0. The number of amides is 1. The van der Waals surface area contributed by atoms with Crippen LogP contribution in [0.4, 0.5) is 4.39 Å². The number of benzene rings is 1. The van der Waals surface area contributed by atoms with Crippen LogP contribution in [0.3, 0.4) is 0 Å². The highest BCUT2D eigenvalue weighted by Gasteiger charge is 2.29. The molecule has 1 amide bonds. The number of halogens is 1. The summed E-state index contributed by atoms with van der Waals surface area (Å²) in [5.41, 5.74) is 5.51. The number of carbonyl (C=O) groups excluding carboxylic acids is 1. The minimum Gasteiger partial charge on any atom is -0.387 e. The van der Waals surface area contributed by atoms with Crippen LogP contribution in [0.5, 0.6) is 0 Å². The lowest BCUT2D eigenvalue weighted by atomic mass is 10.1. The lowest BCUT2D eigenvalue weighted by Gasteiger charge is -2.34. The Labute approximate surface area is 110 Å². The van der Waals surface area contributed by atoms with Crippen molar-refractivity contribution in [3.63, 3.8) is 0 Å². The van der Waals surface area contributed by atoms with Crippen LogP contribution < -0.4 is 5.73 Å². The molecule has 2 atom stereocenters. The largest absolute Gasteiger partial charge is 0.387 e. The molecule has 5 nitrogen and oxygen atoms in total. The number of aliphatic hydroxyl groups is 1. The van der Waals surface area contributed by atoms with Gasteiger partial charge in [-0.05, 0) is 6.07 Å². The maximum atomic E-state index is 13.6. The lowest BCUT2D eigenvalue weighted by molar-refractivity contribution is -0.130. The number of nitrogens with two attached hydrogens (primary N) is 1. The first-order chi connectivity index (χ1) is 9.09. The van der Waals surface area contributed by atoms with Gasteiger partial charge in [-0.25, -0.2) is 4.39 Å². The van der Waals surface area contributed by atoms with Gasteiger partial charge in [0.15, 0.2) is 0 Å². The van der Waals surface area contributed by atoms with Crippen LogP contribution in [0.15, 0.2) is 24.3 Å². The molecular formula is C13H17FN2O3. The molecule has 0 aliphatic carbocycles. The second kappa shape index (κ2) is 6.10. The van der Waals surface area contributed by atoms with E-state index in [2.05, 4.69) is 0 Å². The highest BCUT2D eigenvalue weighted by Crippen LogP contribution is 2.19. The minimum absolute atomic E-state index is 0.151. The van der Waals surface area contributed by atoms with E-state index in [4.69, 9.17) is 10.5 Å². The number of hydrogen-bond acceptors (Lipinski definition) is 4. The Hall–Kier alpha value is -1.50. The maximum absolute atomic E-state index is 13.6. The molecule has 1 heterocycles. The Morgan fingerprint density at radius 2 is 2.32 bits per heavy atom. The number of aliphatic hydroxyl groups excluding tert-OH is 1. The van der Waals surface area contributed by atoms with E-state index in [1.165, 1.54) is 12.1 Å². The van der Waals surface area contributed by atoms with E-state index >= 15 is 0 Å². The third-order valence-corrected chi connectivity index (χ3v) is 3.24. The van der Waals surface area contributed by atoms with E-state index in [1.807, 2.05) is 0 Å². The molecule has 0 aromatic heterocycles. The molecule has 3 N–H and O–H groups in total. The fourth-order valence-corrected chi connectivity index (χ4v) is 2.18. The molecule has 19 heavy (non-hydrogen) atoms. The molecule has 0 radical (unpaired) electrons. The molecule has 1 aliphatic heterocycles. The van der Waals surface area contributed by atoms with Crippen LogP contribution >= 0.6 is 0 Å². The number of rotatable bonds is 4. The number of β-amino-alcohol motifs (C(OH)–C–C–N with tert-alkyl or cyclic N) is 1. The van der Waals surface area contributed by atoms with Gasteiger partial charge in [0.2, 0.25) is 5.91 Å². The number of morpholine rings is 1.